The summed E-state index contributed by atoms with van der Waals surface area (Å²) in [6, 6.07) is 7.53. The number of hydrogen-bond acceptors (Lipinski definition) is 4. The highest BCUT2D eigenvalue weighted by Crippen LogP contribution is 2.13. The maximum Gasteiger partial charge on any atom is 0.238 e. The van der Waals surface area contributed by atoms with E-state index in [0.717, 1.165) is 18.7 Å². The highest BCUT2D eigenvalue weighted by molar-refractivity contribution is 5.92. The minimum absolute atomic E-state index is 0.0324. The molecule has 5 nitrogen and oxygen atoms in total. The van der Waals surface area contributed by atoms with Gasteiger partial charge in [0.05, 0.1) is 13.2 Å². The van der Waals surface area contributed by atoms with Crippen molar-refractivity contribution >= 4 is 17.3 Å². The number of nitrogens with two attached hydrogens (primary N) is 1. The number of nitrogens with one attached hydrogen (secondary N) is 1. The van der Waals surface area contributed by atoms with E-state index < -0.39 is 0 Å². The van der Waals surface area contributed by atoms with Crippen molar-refractivity contribution in [2.45, 2.75) is 12.5 Å². The Hall–Kier alpha value is -1.59. The van der Waals surface area contributed by atoms with Gasteiger partial charge in [-0.25, -0.2) is 0 Å². The maximum absolute atomic E-state index is 11.9. The Morgan fingerprint density at radius 1 is 1.61 bits per heavy atom. The molecule has 0 aromatic heterocycles. The molecule has 18 heavy (non-hydrogen) atoms. The minimum Gasteiger partial charge on any atom is -0.399 e. The van der Waals surface area contributed by atoms with Crippen LogP contribution < -0.4 is 11.1 Å². The lowest BCUT2D eigenvalue weighted by Crippen LogP contribution is -2.38. The van der Waals surface area contributed by atoms with Crippen LogP contribution in [0.15, 0.2) is 24.3 Å². The van der Waals surface area contributed by atoms with E-state index in [2.05, 4.69) is 5.32 Å². The van der Waals surface area contributed by atoms with Crippen LogP contribution in [0.2, 0.25) is 0 Å². The van der Waals surface area contributed by atoms with Gasteiger partial charge >= 0.3 is 0 Å². The molecule has 5 heteroatoms. The van der Waals surface area contributed by atoms with Crippen LogP contribution in [-0.2, 0) is 9.53 Å². The minimum atomic E-state index is -0.0324. The quantitative estimate of drug-likeness (QED) is 0.779. The van der Waals surface area contributed by atoms with Crippen LogP contribution in [0.3, 0.4) is 0 Å². The fourth-order valence-corrected chi connectivity index (χ4v) is 2.04. The molecule has 1 saturated heterocycles. The maximum atomic E-state index is 11.9. The molecule has 1 aliphatic heterocycles. The molecule has 2 rings (SSSR count). The molecule has 1 heterocycles. The Balaban J connectivity index is 1.84. The van der Waals surface area contributed by atoms with Crippen molar-refractivity contribution in [2.75, 3.05) is 37.9 Å². The second-order valence-corrected chi connectivity index (χ2v) is 4.61. The SMILES string of the molecule is CN(CC(=O)Nc1cccc(N)c1)C1CCOC1. The second kappa shape index (κ2) is 5.84. The van der Waals surface area contributed by atoms with Gasteiger partial charge in [0, 0.05) is 24.0 Å². The standard InChI is InChI=1S/C13H19N3O2/c1-16(12-5-6-18-9-12)8-13(17)15-11-4-2-3-10(14)7-11/h2-4,7,12H,5-6,8-9,14H2,1H3,(H,15,17). The van der Waals surface area contributed by atoms with Gasteiger partial charge in [0.25, 0.3) is 0 Å². The van der Waals surface area contributed by atoms with E-state index in [0.29, 0.717) is 24.9 Å². The van der Waals surface area contributed by atoms with E-state index in [9.17, 15) is 4.79 Å². The number of ether oxygens (including phenoxy) is 1. The number of hydrogen-bond donors (Lipinski definition) is 2. The van der Waals surface area contributed by atoms with Gasteiger partial charge in [-0.15, -0.1) is 0 Å². The Morgan fingerprint density at radius 3 is 3.11 bits per heavy atom. The van der Waals surface area contributed by atoms with E-state index in [-0.39, 0.29) is 5.91 Å². The van der Waals surface area contributed by atoms with E-state index in [1.165, 1.54) is 0 Å². The summed E-state index contributed by atoms with van der Waals surface area (Å²) in [5, 5.41) is 2.84. The topological polar surface area (TPSA) is 67.6 Å². The molecule has 1 unspecified atom stereocenters. The normalized spacial score (nSPS) is 19.1. The van der Waals surface area contributed by atoms with E-state index in [1.807, 2.05) is 24.1 Å². The van der Waals surface area contributed by atoms with Crippen LogP contribution in [0, 0.1) is 0 Å². The molecule has 1 atom stereocenters. The van der Waals surface area contributed by atoms with Crippen molar-refractivity contribution in [1.82, 2.24) is 4.90 Å². The summed E-state index contributed by atoms with van der Waals surface area (Å²) in [4.78, 5) is 13.9. The number of carbonyl (C=O) groups is 1. The third-order valence-corrected chi connectivity index (χ3v) is 3.09. The van der Waals surface area contributed by atoms with E-state index in [1.54, 1.807) is 12.1 Å². The largest absolute Gasteiger partial charge is 0.399 e. The highest BCUT2D eigenvalue weighted by atomic mass is 16.5. The van der Waals surface area contributed by atoms with Gasteiger partial charge in [-0.05, 0) is 31.7 Å². The number of anilines is 2. The molecule has 0 bridgehead atoms. The average Bonchev–Trinajstić information content (AvgIpc) is 2.81. The Kier molecular flexibility index (Phi) is 4.17. The zero-order valence-corrected chi connectivity index (χ0v) is 10.6. The van der Waals surface area contributed by atoms with Gasteiger partial charge in [0.1, 0.15) is 0 Å². The summed E-state index contributed by atoms with van der Waals surface area (Å²) in [7, 11) is 1.94. The first-order valence-corrected chi connectivity index (χ1v) is 6.08. The van der Waals surface area contributed by atoms with Crippen molar-refractivity contribution in [2.24, 2.45) is 0 Å². The van der Waals surface area contributed by atoms with E-state index in [4.69, 9.17) is 10.5 Å². The fourth-order valence-electron chi connectivity index (χ4n) is 2.04. The zero-order valence-electron chi connectivity index (χ0n) is 10.6. The molecular weight excluding hydrogens is 230 g/mol. The van der Waals surface area contributed by atoms with Gasteiger partial charge in [-0.3, -0.25) is 9.69 Å². The molecule has 1 aliphatic rings. The lowest BCUT2D eigenvalue weighted by Gasteiger charge is -2.22. The Labute approximate surface area is 107 Å². The summed E-state index contributed by atoms with van der Waals surface area (Å²) in [6.45, 7) is 1.86. The first-order valence-electron chi connectivity index (χ1n) is 6.08. The van der Waals surface area contributed by atoms with Gasteiger partial charge in [-0.2, -0.15) is 0 Å². The van der Waals surface area contributed by atoms with E-state index >= 15 is 0 Å². The fraction of sp³-hybridized carbons (Fsp3) is 0.462. The number of nitrogens with zero attached hydrogens (tertiary/aromatic N) is 1. The van der Waals surface area contributed by atoms with Gasteiger partial charge in [0.15, 0.2) is 0 Å². The first-order chi connectivity index (χ1) is 8.65. The van der Waals surface area contributed by atoms with Crippen LogP contribution in [0.1, 0.15) is 6.42 Å². The van der Waals surface area contributed by atoms with Gasteiger partial charge in [-0.1, -0.05) is 6.07 Å². The summed E-state index contributed by atoms with van der Waals surface area (Å²) < 4.78 is 5.30. The van der Waals surface area contributed by atoms with Crippen LogP contribution >= 0.6 is 0 Å². The van der Waals surface area contributed by atoms with Crippen molar-refractivity contribution in [3.05, 3.63) is 24.3 Å². The van der Waals surface area contributed by atoms with Gasteiger partial charge in [0.2, 0.25) is 5.91 Å². The van der Waals surface area contributed by atoms with Crippen molar-refractivity contribution in [1.29, 1.82) is 0 Å². The number of likely N-dealkylation sites (N-methyl/N-ethyl adjacent to an activating group) is 1. The zero-order chi connectivity index (χ0) is 13.0. The van der Waals surface area contributed by atoms with Crippen molar-refractivity contribution in [3.8, 4) is 0 Å². The number of nitrogen functional groups attached to an aromatic ring is 1. The summed E-state index contributed by atoms with van der Waals surface area (Å²) in [6.07, 6.45) is 0.988. The van der Waals surface area contributed by atoms with Crippen molar-refractivity contribution in [3.63, 3.8) is 0 Å². The summed E-state index contributed by atoms with van der Waals surface area (Å²) in [5.74, 6) is -0.0324. The molecule has 98 valence electrons. The molecule has 1 aromatic carbocycles. The van der Waals surface area contributed by atoms with Gasteiger partial charge < -0.3 is 15.8 Å². The molecule has 0 radical (unpaired) electrons. The number of rotatable bonds is 4. The Bertz CT molecular complexity index is 416. The number of carbonyl (C=O) groups excluding carboxylic acids is 1. The summed E-state index contributed by atoms with van der Waals surface area (Å²) >= 11 is 0. The number of amides is 1. The van der Waals surface area contributed by atoms with Crippen LogP contribution in [0.5, 0.6) is 0 Å². The lowest BCUT2D eigenvalue weighted by atomic mass is 10.2. The molecular formula is C13H19N3O2. The van der Waals surface area contributed by atoms with Crippen LogP contribution in [-0.4, -0.2) is 43.7 Å². The highest BCUT2D eigenvalue weighted by Gasteiger charge is 2.21. The molecule has 0 spiro atoms. The van der Waals surface area contributed by atoms with Crippen LogP contribution in [0.4, 0.5) is 11.4 Å². The van der Waals surface area contributed by atoms with Crippen LogP contribution in [0.25, 0.3) is 0 Å². The molecule has 0 saturated carbocycles. The molecule has 0 aliphatic carbocycles. The monoisotopic (exact) mass is 249 g/mol. The predicted octanol–water partition coefficient (Wildman–Crippen LogP) is 0.928. The molecule has 1 aromatic rings. The first kappa shape index (κ1) is 12.9. The van der Waals surface area contributed by atoms with Crippen molar-refractivity contribution < 1.29 is 9.53 Å². The Morgan fingerprint density at radius 2 is 2.44 bits per heavy atom. The summed E-state index contributed by atoms with van der Waals surface area (Å²) in [5.41, 5.74) is 7.03. The third kappa shape index (κ3) is 3.45. The molecule has 1 amide bonds. The third-order valence-electron chi connectivity index (χ3n) is 3.09. The molecule has 3 N–H and O–H groups in total. The molecule has 1 fully saturated rings. The smallest absolute Gasteiger partial charge is 0.238 e. The second-order valence-electron chi connectivity index (χ2n) is 4.61. The average molecular weight is 249 g/mol. The lowest BCUT2D eigenvalue weighted by molar-refractivity contribution is -0.117. The predicted molar refractivity (Wildman–Crippen MR) is 71.3 cm³/mol. The number of benzene rings is 1.